The Morgan fingerprint density at radius 2 is 1.90 bits per heavy atom. The Morgan fingerprint density at radius 3 is 2.43 bits per heavy atom. The first-order valence-corrected chi connectivity index (χ1v) is 6.11. The fraction of sp³-hybridized carbons (Fsp3) is 0.267. The van der Waals surface area contributed by atoms with Crippen LogP contribution < -0.4 is 4.74 Å². The van der Waals surface area contributed by atoms with Crippen molar-refractivity contribution >= 4 is 24.3 Å². The fourth-order valence-corrected chi connectivity index (χ4v) is 1.68. The predicted molar refractivity (Wildman–Crippen MR) is 75.4 cm³/mol. The molecule has 0 saturated carbocycles. The summed E-state index contributed by atoms with van der Waals surface area (Å²) in [5.41, 5.74) is 0.802. The molecular weight excluding hydrogens is 276 g/mol. The van der Waals surface area contributed by atoms with Crippen LogP contribution in [0.2, 0.25) is 0 Å². The highest BCUT2D eigenvalue weighted by Gasteiger charge is 2.20. The highest BCUT2D eigenvalue weighted by molar-refractivity contribution is 5.98. The summed E-state index contributed by atoms with van der Waals surface area (Å²) in [5.74, 6) is -1.29. The minimum absolute atomic E-state index is 0.00199. The van der Waals surface area contributed by atoms with Crippen molar-refractivity contribution in [2.45, 2.75) is 6.92 Å². The molecule has 0 atom stereocenters. The van der Waals surface area contributed by atoms with Crippen LogP contribution in [0.5, 0.6) is 5.75 Å². The summed E-state index contributed by atoms with van der Waals surface area (Å²) in [6.07, 6.45) is 3.99. The van der Waals surface area contributed by atoms with Crippen LogP contribution >= 0.6 is 0 Å². The molecule has 112 valence electrons. The van der Waals surface area contributed by atoms with Crippen molar-refractivity contribution < 1.29 is 28.6 Å². The van der Waals surface area contributed by atoms with Crippen LogP contribution in [0, 0.1) is 0 Å². The van der Waals surface area contributed by atoms with E-state index in [0.29, 0.717) is 11.8 Å². The normalized spacial score (nSPS) is 10.2. The van der Waals surface area contributed by atoms with E-state index in [1.807, 2.05) is 0 Å². The van der Waals surface area contributed by atoms with Gasteiger partial charge in [-0.25, -0.2) is 9.59 Å². The van der Waals surface area contributed by atoms with Gasteiger partial charge in [0.1, 0.15) is 11.3 Å². The van der Waals surface area contributed by atoms with Gasteiger partial charge in [0.05, 0.1) is 19.8 Å². The third-order valence-electron chi connectivity index (χ3n) is 2.66. The maximum atomic E-state index is 11.7. The van der Waals surface area contributed by atoms with Gasteiger partial charge >= 0.3 is 11.9 Å². The molecule has 6 heteroatoms. The maximum absolute atomic E-state index is 11.7. The summed E-state index contributed by atoms with van der Waals surface area (Å²) in [6, 6.07) is 3.07. The SMILES string of the molecule is C/C=C/c1ccc(C(=O)OC)c(OCC(=O)OC)c1C=O. The first-order chi connectivity index (χ1) is 10.1. The zero-order chi connectivity index (χ0) is 15.8. The van der Waals surface area contributed by atoms with Gasteiger partial charge < -0.3 is 14.2 Å². The summed E-state index contributed by atoms with van der Waals surface area (Å²) in [4.78, 5) is 34.2. The lowest BCUT2D eigenvalue weighted by Gasteiger charge is -2.13. The summed E-state index contributed by atoms with van der Waals surface area (Å²) in [6.45, 7) is 1.37. The van der Waals surface area contributed by atoms with Crippen molar-refractivity contribution in [1.29, 1.82) is 0 Å². The Bertz CT molecular complexity index is 574. The van der Waals surface area contributed by atoms with Gasteiger partial charge in [-0.2, -0.15) is 0 Å². The topological polar surface area (TPSA) is 78.9 Å². The second-order valence-electron chi connectivity index (χ2n) is 3.92. The van der Waals surface area contributed by atoms with Crippen molar-refractivity contribution in [3.05, 3.63) is 34.9 Å². The average molecular weight is 292 g/mol. The quantitative estimate of drug-likeness (QED) is 0.588. The number of benzene rings is 1. The van der Waals surface area contributed by atoms with Gasteiger partial charge in [-0.1, -0.05) is 18.2 Å². The molecule has 0 radical (unpaired) electrons. The molecule has 0 unspecified atom stereocenters. The summed E-state index contributed by atoms with van der Waals surface area (Å²) in [5, 5.41) is 0. The van der Waals surface area contributed by atoms with Crippen LogP contribution in [-0.4, -0.2) is 39.1 Å². The minimum Gasteiger partial charge on any atom is -0.480 e. The molecule has 1 aromatic carbocycles. The highest BCUT2D eigenvalue weighted by atomic mass is 16.6. The third-order valence-corrected chi connectivity index (χ3v) is 2.66. The zero-order valence-electron chi connectivity index (χ0n) is 12.0. The first-order valence-electron chi connectivity index (χ1n) is 6.11. The van der Waals surface area contributed by atoms with Crippen LogP contribution in [0.25, 0.3) is 6.08 Å². The molecule has 0 aromatic heterocycles. The third kappa shape index (κ3) is 3.92. The van der Waals surface area contributed by atoms with E-state index < -0.39 is 18.5 Å². The number of carbonyl (C=O) groups is 3. The molecule has 6 nitrogen and oxygen atoms in total. The molecule has 0 aliphatic rings. The molecule has 0 N–H and O–H groups in total. The molecule has 0 aliphatic heterocycles. The van der Waals surface area contributed by atoms with Gasteiger partial charge in [-0.15, -0.1) is 0 Å². The highest BCUT2D eigenvalue weighted by Crippen LogP contribution is 2.28. The molecular formula is C15H16O6. The standard InChI is InChI=1S/C15H16O6/c1-4-5-10-6-7-11(15(18)20-3)14(12(10)8-16)21-9-13(17)19-2/h4-8H,9H2,1-3H3/b5-4+. The Labute approximate surface area is 122 Å². The fourth-order valence-electron chi connectivity index (χ4n) is 1.68. The molecule has 0 amide bonds. The van der Waals surface area contributed by atoms with Crippen LogP contribution in [0.3, 0.4) is 0 Å². The summed E-state index contributed by atoms with van der Waals surface area (Å²) < 4.78 is 14.4. The van der Waals surface area contributed by atoms with Gasteiger partial charge in [0, 0.05) is 0 Å². The molecule has 1 aromatic rings. The van der Waals surface area contributed by atoms with Crippen LogP contribution in [0.4, 0.5) is 0 Å². The number of hydrogen-bond acceptors (Lipinski definition) is 6. The Hall–Kier alpha value is -2.63. The first kappa shape index (κ1) is 16.4. The van der Waals surface area contributed by atoms with E-state index in [1.165, 1.54) is 20.3 Å². The Kier molecular flexibility index (Phi) is 6.13. The van der Waals surface area contributed by atoms with Gasteiger partial charge in [0.25, 0.3) is 0 Å². The number of methoxy groups -OCH3 is 2. The predicted octanol–water partition coefficient (Wildman–Crippen LogP) is 1.87. The average Bonchev–Trinajstić information content (AvgIpc) is 2.51. The number of aldehydes is 1. The minimum atomic E-state index is -0.662. The number of hydrogen-bond donors (Lipinski definition) is 0. The van der Waals surface area contributed by atoms with E-state index >= 15 is 0 Å². The van der Waals surface area contributed by atoms with Crippen LogP contribution in [0.15, 0.2) is 18.2 Å². The van der Waals surface area contributed by atoms with E-state index in [-0.39, 0.29) is 16.9 Å². The number of ether oxygens (including phenoxy) is 3. The molecule has 0 spiro atoms. The van der Waals surface area contributed by atoms with Crippen LogP contribution in [-0.2, 0) is 14.3 Å². The molecule has 0 saturated heterocycles. The second-order valence-corrected chi connectivity index (χ2v) is 3.92. The molecule has 1 rings (SSSR count). The Balaban J connectivity index is 3.35. The number of allylic oxidation sites excluding steroid dienone is 1. The van der Waals surface area contributed by atoms with Gasteiger partial charge in [0.15, 0.2) is 12.9 Å². The van der Waals surface area contributed by atoms with Crippen molar-refractivity contribution in [3.63, 3.8) is 0 Å². The monoisotopic (exact) mass is 292 g/mol. The molecule has 0 bridgehead atoms. The van der Waals surface area contributed by atoms with E-state index in [2.05, 4.69) is 9.47 Å². The zero-order valence-corrected chi connectivity index (χ0v) is 12.0. The Morgan fingerprint density at radius 1 is 1.19 bits per heavy atom. The maximum Gasteiger partial charge on any atom is 0.343 e. The largest absolute Gasteiger partial charge is 0.480 e. The summed E-state index contributed by atoms with van der Waals surface area (Å²) >= 11 is 0. The summed E-state index contributed by atoms with van der Waals surface area (Å²) in [7, 11) is 2.43. The second kappa shape index (κ2) is 7.84. The molecule has 0 heterocycles. The number of rotatable bonds is 6. The van der Waals surface area contributed by atoms with Crippen LogP contribution in [0.1, 0.15) is 33.2 Å². The molecule has 0 fully saturated rings. The van der Waals surface area contributed by atoms with Crippen molar-refractivity contribution in [1.82, 2.24) is 0 Å². The molecule has 0 aliphatic carbocycles. The van der Waals surface area contributed by atoms with Crippen molar-refractivity contribution in [2.24, 2.45) is 0 Å². The van der Waals surface area contributed by atoms with E-state index in [9.17, 15) is 14.4 Å². The van der Waals surface area contributed by atoms with Gasteiger partial charge in [-0.3, -0.25) is 4.79 Å². The van der Waals surface area contributed by atoms with E-state index in [1.54, 1.807) is 25.1 Å². The van der Waals surface area contributed by atoms with Crippen molar-refractivity contribution in [2.75, 3.05) is 20.8 Å². The number of carbonyl (C=O) groups excluding carboxylic acids is 3. The lowest BCUT2D eigenvalue weighted by molar-refractivity contribution is -0.142. The van der Waals surface area contributed by atoms with E-state index in [4.69, 9.17) is 4.74 Å². The van der Waals surface area contributed by atoms with Crippen molar-refractivity contribution in [3.8, 4) is 5.75 Å². The molecule has 21 heavy (non-hydrogen) atoms. The van der Waals surface area contributed by atoms with Gasteiger partial charge in [-0.05, 0) is 18.6 Å². The lowest BCUT2D eigenvalue weighted by atomic mass is 10.0. The van der Waals surface area contributed by atoms with Gasteiger partial charge in [0.2, 0.25) is 0 Å². The van der Waals surface area contributed by atoms with E-state index in [0.717, 1.165) is 0 Å². The smallest absolute Gasteiger partial charge is 0.343 e. The lowest BCUT2D eigenvalue weighted by Crippen LogP contribution is -2.16. The number of esters is 2.